The first-order valence-corrected chi connectivity index (χ1v) is 6.44. The topological polar surface area (TPSA) is 32.3 Å². The highest BCUT2D eigenvalue weighted by Crippen LogP contribution is 2.26. The van der Waals surface area contributed by atoms with E-state index in [0.717, 1.165) is 5.56 Å². The average Bonchev–Trinajstić information content (AvgIpc) is 2.24. The van der Waals surface area contributed by atoms with Gasteiger partial charge in [-0.1, -0.05) is 20.8 Å². The van der Waals surface area contributed by atoms with Crippen LogP contribution in [-0.4, -0.2) is 31.4 Å². The maximum Gasteiger partial charge on any atom is 0.225 e. The largest absolute Gasteiger partial charge is 0.326 e. The van der Waals surface area contributed by atoms with Crippen molar-refractivity contribution in [3.8, 4) is 0 Å². The quantitative estimate of drug-likeness (QED) is 0.908. The molecule has 1 N–H and O–H groups in total. The summed E-state index contributed by atoms with van der Waals surface area (Å²) in [5, 5.41) is 2.74. The van der Waals surface area contributed by atoms with Crippen molar-refractivity contribution >= 4 is 11.6 Å². The zero-order valence-corrected chi connectivity index (χ0v) is 12.4. The van der Waals surface area contributed by atoms with E-state index < -0.39 is 0 Å². The lowest BCUT2D eigenvalue weighted by molar-refractivity contribution is -0.116. The van der Waals surface area contributed by atoms with Gasteiger partial charge in [-0.15, -0.1) is 0 Å². The van der Waals surface area contributed by atoms with Crippen molar-refractivity contribution < 1.29 is 9.18 Å². The molecule has 1 aromatic carbocycles. The summed E-state index contributed by atoms with van der Waals surface area (Å²) in [5.74, 6) is -0.422. The predicted octanol–water partition coefficient (Wildman–Crippen LogP) is 3.01. The van der Waals surface area contributed by atoms with Crippen molar-refractivity contribution in [3.63, 3.8) is 0 Å². The van der Waals surface area contributed by atoms with Crippen molar-refractivity contribution in [1.29, 1.82) is 0 Å². The molecule has 0 spiro atoms. The van der Waals surface area contributed by atoms with Gasteiger partial charge < -0.3 is 10.2 Å². The van der Waals surface area contributed by atoms with Crippen molar-refractivity contribution in [1.82, 2.24) is 4.90 Å². The second-order valence-electron chi connectivity index (χ2n) is 6.08. The summed E-state index contributed by atoms with van der Waals surface area (Å²) in [6.45, 7) is 6.71. The molecule has 0 heterocycles. The minimum Gasteiger partial charge on any atom is -0.326 e. The van der Waals surface area contributed by atoms with Crippen LogP contribution in [0.2, 0.25) is 0 Å². The Bertz CT molecular complexity index is 450. The van der Waals surface area contributed by atoms with Gasteiger partial charge in [0.1, 0.15) is 5.82 Å². The molecule has 19 heavy (non-hydrogen) atoms. The monoisotopic (exact) mass is 266 g/mol. The number of hydrogen-bond acceptors (Lipinski definition) is 2. The van der Waals surface area contributed by atoms with Crippen LogP contribution in [0.25, 0.3) is 0 Å². The van der Waals surface area contributed by atoms with Crippen LogP contribution in [0.15, 0.2) is 18.2 Å². The molecule has 3 nitrogen and oxygen atoms in total. The van der Waals surface area contributed by atoms with Gasteiger partial charge in [-0.3, -0.25) is 4.79 Å². The molecule has 106 valence electrons. The van der Waals surface area contributed by atoms with Gasteiger partial charge in [-0.2, -0.15) is 0 Å². The molecule has 0 saturated heterocycles. The van der Waals surface area contributed by atoms with Crippen LogP contribution in [0.5, 0.6) is 0 Å². The lowest BCUT2D eigenvalue weighted by atomic mass is 9.87. The molecule has 1 amide bonds. The molecule has 0 aliphatic rings. The minimum atomic E-state index is -0.324. The summed E-state index contributed by atoms with van der Waals surface area (Å²) in [6.07, 6.45) is 0.397. The van der Waals surface area contributed by atoms with E-state index in [1.165, 1.54) is 12.1 Å². The van der Waals surface area contributed by atoms with E-state index in [1.807, 2.05) is 45.8 Å². The molecule has 4 heteroatoms. The molecular formula is C15H23FN2O. The average molecular weight is 266 g/mol. The number of rotatable bonds is 4. The highest BCUT2D eigenvalue weighted by Gasteiger charge is 2.16. The molecule has 0 fully saturated rings. The Balaban J connectivity index is 2.79. The van der Waals surface area contributed by atoms with Gasteiger partial charge >= 0.3 is 0 Å². The third-order valence-electron chi connectivity index (χ3n) is 2.83. The van der Waals surface area contributed by atoms with Gasteiger partial charge in [0, 0.05) is 18.7 Å². The van der Waals surface area contributed by atoms with Crippen LogP contribution in [0.3, 0.4) is 0 Å². The third-order valence-corrected chi connectivity index (χ3v) is 2.83. The molecule has 0 aromatic heterocycles. The number of carbonyl (C=O) groups excluding carboxylic acids is 1. The van der Waals surface area contributed by atoms with E-state index in [2.05, 4.69) is 5.32 Å². The fourth-order valence-electron chi connectivity index (χ4n) is 1.64. The molecule has 0 aliphatic heterocycles. The zero-order chi connectivity index (χ0) is 14.6. The summed E-state index contributed by atoms with van der Waals surface area (Å²) in [5.41, 5.74) is 1.25. The number of amides is 1. The van der Waals surface area contributed by atoms with Gasteiger partial charge in [-0.25, -0.2) is 4.39 Å². The Hall–Kier alpha value is -1.42. The number of hydrogen-bond donors (Lipinski definition) is 1. The van der Waals surface area contributed by atoms with Gasteiger partial charge in [0.25, 0.3) is 0 Å². The maximum atomic E-state index is 13.6. The first-order chi connectivity index (χ1) is 8.68. The summed E-state index contributed by atoms with van der Waals surface area (Å²) in [7, 11) is 3.82. The number of nitrogens with zero attached hydrogens (tertiary/aromatic N) is 1. The molecule has 0 saturated carbocycles. The van der Waals surface area contributed by atoms with Crippen LogP contribution >= 0.6 is 0 Å². The number of halogens is 1. The predicted molar refractivity (Wildman–Crippen MR) is 76.9 cm³/mol. The standard InChI is InChI=1S/C15H23FN2O/c1-15(2,3)11-8-12(16)10-13(9-11)17-14(19)6-7-18(4)5/h8-10H,6-7H2,1-5H3,(H,17,19). The smallest absolute Gasteiger partial charge is 0.225 e. The summed E-state index contributed by atoms with van der Waals surface area (Å²) >= 11 is 0. The Morgan fingerprint density at radius 1 is 1.26 bits per heavy atom. The fraction of sp³-hybridized carbons (Fsp3) is 0.533. The van der Waals surface area contributed by atoms with Crippen molar-refractivity contribution in [2.75, 3.05) is 26.0 Å². The van der Waals surface area contributed by atoms with E-state index >= 15 is 0 Å². The van der Waals surface area contributed by atoms with Crippen LogP contribution in [0.1, 0.15) is 32.8 Å². The van der Waals surface area contributed by atoms with Crippen LogP contribution < -0.4 is 5.32 Å². The van der Waals surface area contributed by atoms with Crippen molar-refractivity contribution in [2.45, 2.75) is 32.6 Å². The number of benzene rings is 1. The van der Waals surface area contributed by atoms with Crippen LogP contribution in [0, 0.1) is 5.82 Å². The first kappa shape index (κ1) is 15.6. The second-order valence-corrected chi connectivity index (χ2v) is 6.08. The molecule has 0 unspecified atom stereocenters. The van der Waals surface area contributed by atoms with Gasteiger partial charge in [0.2, 0.25) is 5.91 Å². The fourth-order valence-corrected chi connectivity index (χ4v) is 1.64. The summed E-state index contributed by atoms with van der Waals surface area (Å²) in [6, 6.07) is 4.69. The molecule has 0 atom stereocenters. The normalized spacial score (nSPS) is 11.7. The lowest BCUT2D eigenvalue weighted by Crippen LogP contribution is -2.21. The number of nitrogens with one attached hydrogen (secondary N) is 1. The molecular weight excluding hydrogens is 243 g/mol. The highest BCUT2D eigenvalue weighted by atomic mass is 19.1. The Morgan fingerprint density at radius 2 is 1.89 bits per heavy atom. The zero-order valence-electron chi connectivity index (χ0n) is 12.4. The molecule has 1 aromatic rings. The van der Waals surface area contributed by atoms with Crippen molar-refractivity contribution in [2.24, 2.45) is 0 Å². The summed E-state index contributed by atoms with van der Waals surface area (Å²) < 4.78 is 13.6. The van der Waals surface area contributed by atoms with Gasteiger partial charge in [-0.05, 0) is 43.3 Å². The van der Waals surface area contributed by atoms with Gasteiger partial charge in [0.15, 0.2) is 0 Å². The van der Waals surface area contributed by atoms with E-state index in [0.29, 0.717) is 18.7 Å². The Labute approximate surface area is 114 Å². The van der Waals surface area contributed by atoms with E-state index in [1.54, 1.807) is 0 Å². The molecule has 0 bridgehead atoms. The second kappa shape index (κ2) is 6.15. The maximum absolute atomic E-state index is 13.6. The number of carbonyl (C=O) groups is 1. The Morgan fingerprint density at radius 3 is 2.42 bits per heavy atom. The SMILES string of the molecule is CN(C)CCC(=O)Nc1cc(F)cc(C(C)(C)C)c1. The van der Waals surface area contributed by atoms with Crippen LogP contribution in [0.4, 0.5) is 10.1 Å². The molecule has 0 aliphatic carbocycles. The lowest BCUT2D eigenvalue weighted by Gasteiger charge is -2.20. The number of anilines is 1. The van der Waals surface area contributed by atoms with Crippen LogP contribution in [-0.2, 0) is 10.2 Å². The van der Waals surface area contributed by atoms with Gasteiger partial charge in [0.05, 0.1) is 0 Å². The van der Waals surface area contributed by atoms with E-state index in [9.17, 15) is 9.18 Å². The van der Waals surface area contributed by atoms with Crippen molar-refractivity contribution in [3.05, 3.63) is 29.6 Å². The third kappa shape index (κ3) is 5.39. The molecule has 0 radical (unpaired) electrons. The first-order valence-electron chi connectivity index (χ1n) is 6.44. The Kier molecular flexibility index (Phi) is 5.06. The van der Waals surface area contributed by atoms with E-state index in [4.69, 9.17) is 0 Å². The van der Waals surface area contributed by atoms with E-state index in [-0.39, 0.29) is 17.1 Å². The molecule has 1 rings (SSSR count). The minimum absolute atomic E-state index is 0.0980. The summed E-state index contributed by atoms with van der Waals surface area (Å²) in [4.78, 5) is 13.7. The highest BCUT2D eigenvalue weighted by molar-refractivity contribution is 5.90.